The molecule has 4 aromatic rings. The van der Waals surface area contributed by atoms with Crippen molar-refractivity contribution in [2.24, 2.45) is 5.92 Å². The Bertz CT molecular complexity index is 1660. The number of aromatic nitrogens is 3. The molecule has 10 nitrogen and oxygen atoms in total. The fraction of sp³-hybridized carbons (Fsp3) is 0.344. The van der Waals surface area contributed by atoms with E-state index in [2.05, 4.69) is 40.1 Å². The third kappa shape index (κ3) is 5.77. The largest absolute Gasteiger partial charge is 0.440 e. The fourth-order valence-electron chi connectivity index (χ4n) is 5.50. The number of fused-ring (bicyclic) bond motifs is 1. The molecule has 0 spiro atoms. The Kier molecular flexibility index (Phi) is 8.38. The van der Waals surface area contributed by atoms with E-state index in [1.54, 1.807) is 15.5 Å². The van der Waals surface area contributed by atoms with E-state index in [1.165, 1.54) is 6.33 Å². The molecule has 1 aliphatic heterocycles. The van der Waals surface area contributed by atoms with Crippen molar-refractivity contribution in [3.8, 4) is 6.07 Å². The molecule has 42 heavy (non-hydrogen) atoms. The second-order valence-electron chi connectivity index (χ2n) is 10.8. The molecule has 1 saturated heterocycles. The highest BCUT2D eigenvalue weighted by Gasteiger charge is 2.32. The number of likely N-dealkylation sites (tertiary alicyclic amines) is 1. The maximum absolute atomic E-state index is 13.2. The van der Waals surface area contributed by atoms with Crippen LogP contribution in [-0.2, 0) is 16.3 Å². The quantitative estimate of drug-likeness (QED) is 0.290. The van der Waals surface area contributed by atoms with Gasteiger partial charge in [0.25, 0.3) is 0 Å². The SMILES string of the molecule is Cc1cccc(Nc2ccccc2C(=O)OCn2ccc3c(N(C)[C@H]4CN(C(=O)CC#N)CC[C@H]4C)ncnc32)c1C. The van der Waals surface area contributed by atoms with E-state index in [0.717, 1.165) is 34.4 Å². The van der Waals surface area contributed by atoms with Gasteiger partial charge in [-0.3, -0.25) is 9.36 Å². The van der Waals surface area contributed by atoms with Crippen LogP contribution < -0.4 is 10.2 Å². The van der Waals surface area contributed by atoms with Crippen molar-refractivity contribution in [3.05, 3.63) is 77.7 Å². The number of hydrogen-bond donors (Lipinski definition) is 1. The lowest BCUT2D eigenvalue weighted by molar-refractivity contribution is -0.131. The first-order valence-corrected chi connectivity index (χ1v) is 14.0. The van der Waals surface area contributed by atoms with Gasteiger partial charge < -0.3 is 19.9 Å². The highest BCUT2D eigenvalue weighted by molar-refractivity contribution is 5.96. The summed E-state index contributed by atoms with van der Waals surface area (Å²) in [5, 5.41) is 13.2. The number of para-hydroxylation sites is 1. The molecule has 216 valence electrons. The molecule has 0 bridgehead atoms. The van der Waals surface area contributed by atoms with Gasteiger partial charge in [-0.15, -0.1) is 0 Å². The van der Waals surface area contributed by atoms with E-state index in [1.807, 2.05) is 62.6 Å². The summed E-state index contributed by atoms with van der Waals surface area (Å²) in [5.41, 5.74) is 4.96. The van der Waals surface area contributed by atoms with Gasteiger partial charge in [-0.25, -0.2) is 14.8 Å². The van der Waals surface area contributed by atoms with E-state index < -0.39 is 5.97 Å². The van der Waals surface area contributed by atoms with E-state index in [9.17, 15) is 9.59 Å². The second-order valence-corrected chi connectivity index (χ2v) is 10.8. The molecule has 10 heteroatoms. The number of carbonyl (C=O) groups excluding carboxylic acids is 2. The van der Waals surface area contributed by atoms with Crippen molar-refractivity contribution in [2.45, 2.75) is 46.4 Å². The third-order valence-corrected chi connectivity index (χ3v) is 8.22. The minimum Gasteiger partial charge on any atom is -0.440 e. The number of carbonyl (C=O) groups is 2. The zero-order chi connectivity index (χ0) is 29.8. The third-order valence-electron chi connectivity index (χ3n) is 8.22. The second kappa shape index (κ2) is 12.3. The van der Waals surface area contributed by atoms with Gasteiger partial charge in [-0.2, -0.15) is 5.26 Å². The number of amides is 1. The first kappa shape index (κ1) is 28.6. The molecule has 0 aliphatic carbocycles. The van der Waals surface area contributed by atoms with Crippen molar-refractivity contribution >= 4 is 40.1 Å². The van der Waals surface area contributed by atoms with Gasteiger partial charge in [0.05, 0.1) is 28.7 Å². The number of nitriles is 1. The van der Waals surface area contributed by atoms with Gasteiger partial charge in [0.15, 0.2) is 6.73 Å². The van der Waals surface area contributed by atoms with Gasteiger partial charge >= 0.3 is 5.97 Å². The molecule has 2 atom stereocenters. The van der Waals surface area contributed by atoms with Crippen molar-refractivity contribution < 1.29 is 14.3 Å². The zero-order valence-electron chi connectivity index (χ0n) is 24.4. The number of ether oxygens (including phenoxy) is 1. The van der Waals surface area contributed by atoms with Crippen LogP contribution in [0.5, 0.6) is 0 Å². The standard InChI is InChI=1S/C32H35N7O3/c1-21-8-7-11-26(23(21)3)36-27-10-6-5-9-24(27)32(41)42-20-39-17-14-25-30(34-19-35-31(25)39)37(4)28-18-38(16-13-22(28)2)29(40)12-15-33/h5-11,14,17,19,22,28,36H,12-13,16,18,20H2,1-4H3/t22-,28+/m1/s1. The van der Waals surface area contributed by atoms with Crippen molar-refractivity contribution in [3.63, 3.8) is 0 Å². The Morgan fingerprint density at radius 2 is 1.90 bits per heavy atom. The zero-order valence-corrected chi connectivity index (χ0v) is 24.4. The van der Waals surface area contributed by atoms with Crippen LogP contribution in [0.15, 0.2) is 61.1 Å². The Labute approximate surface area is 245 Å². The van der Waals surface area contributed by atoms with Crippen LogP contribution in [0, 0.1) is 31.1 Å². The summed E-state index contributed by atoms with van der Waals surface area (Å²) in [6.07, 6.45) is 4.06. The predicted octanol–water partition coefficient (Wildman–Crippen LogP) is 5.19. The Hall–Kier alpha value is -4.91. The maximum atomic E-state index is 13.2. The molecule has 1 fully saturated rings. The lowest BCUT2D eigenvalue weighted by atomic mass is 9.92. The average molecular weight is 566 g/mol. The van der Waals surface area contributed by atoms with Crippen LogP contribution in [0.4, 0.5) is 17.2 Å². The number of benzene rings is 2. The van der Waals surface area contributed by atoms with Crippen LogP contribution in [0.2, 0.25) is 0 Å². The molecule has 5 rings (SSSR count). The Morgan fingerprint density at radius 3 is 2.71 bits per heavy atom. The van der Waals surface area contributed by atoms with Gasteiger partial charge in [0.2, 0.25) is 5.91 Å². The van der Waals surface area contributed by atoms with E-state index in [4.69, 9.17) is 10.00 Å². The molecule has 2 aromatic heterocycles. The predicted molar refractivity (Wildman–Crippen MR) is 161 cm³/mol. The number of likely N-dealkylation sites (N-methyl/N-ethyl adjacent to an activating group) is 1. The summed E-state index contributed by atoms with van der Waals surface area (Å²) in [5.74, 6) is 0.468. The number of piperidine rings is 1. The number of esters is 1. The Balaban J connectivity index is 1.32. The first-order chi connectivity index (χ1) is 20.3. The number of aryl methyl sites for hydroxylation is 1. The molecule has 3 heterocycles. The molecular weight excluding hydrogens is 530 g/mol. The van der Waals surface area contributed by atoms with Crippen LogP contribution in [0.3, 0.4) is 0 Å². The van der Waals surface area contributed by atoms with Crippen LogP contribution in [0.1, 0.15) is 41.3 Å². The van der Waals surface area contributed by atoms with Gasteiger partial charge in [-0.1, -0.05) is 31.2 Å². The molecule has 1 aliphatic rings. The van der Waals surface area contributed by atoms with Crippen molar-refractivity contribution in [1.29, 1.82) is 5.26 Å². The van der Waals surface area contributed by atoms with Crippen molar-refractivity contribution in [1.82, 2.24) is 19.4 Å². The minimum absolute atomic E-state index is 0.0173. The molecule has 0 radical (unpaired) electrons. The fourth-order valence-corrected chi connectivity index (χ4v) is 5.50. The van der Waals surface area contributed by atoms with Crippen LogP contribution in [0.25, 0.3) is 11.0 Å². The highest BCUT2D eigenvalue weighted by atomic mass is 16.5. The number of rotatable bonds is 8. The molecule has 2 aromatic carbocycles. The summed E-state index contributed by atoms with van der Waals surface area (Å²) >= 11 is 0. The smallest absolute Gasteiger partial charge is 0.341 e. The molecule has 1 N–H and O–H groups in total. The van der Waals surface area contributed by atoms with E-state index >= 15 is 0 Å². The van der Waals surface area contributed by atoms with Crippen molar-refractivity contribution in [2.75, 3.05) is 30.4 Å². The van der Waals surface area contributed by atoms with Gasteiger partial charge in [0.1, 0.15) is 24.2 Å². The van der Waals surface area contributed by atoms with Gasteiger partial charge in [-0.05, 0) is 61.6 Å². The van der Waals surface area contributed by atoms with Crippen LogP contribution in [-0.4, -0.2) is 57.5 Å². The molecule has 0 unspecified atom stereocenters. The summed E-state index contributed by atoms with van der Waals surface area (Å²) in [6.45, 7) is 7.42. The van der Waals surface area contributed by atoms with Crippen LogP contribution >= 0.6 is 0 Å². The number of nitrogens with zero attached hydrogens (tertiary/aromatic N) is 6. The van der Waals surface area contributed by atoms with Gasteiger partial charge in [0, 0.05) is 32.0 Å². The summed E-state index contributed by atoms with van der Waals surface area (Å²) in [7, 11) is 1.97. The normalized spacial score (nSPS) is 16.6. The average Bonchev–Trinajstić information content (AvgIpc) is 3.42. The lowest BCUT2D eigenvalue weighted by Gasteiger charge is -2.42. The summed E-state index contributed by atoms with van der Waals surface area (Å²) < 4.78 is 7.53. The lowest BCUT2D eigenvalue weighted by Crippen LogP contribution is -2.52. The molecular formula is C32H35N7O3. The summed E-state index contributed by atoms with van der Waals surface area (Å²) in [4.78, 5) is 38.5. The van der Waals surface area contributed by atoms with E-state index in [-0.39, 0.29) is 25.1 Å². The minimum atomic E-state index is -0.449. The first-order valence-electron chi connectivity index (χ1n) is 14.0. The van der Waals surface area contributed by atoms with E-state index in [0.29, 0.717) is 35.9 Å². The molecule has 1 amide bonds. The number of anilines is 3. The maximum Gasteiger partial charge on any atom is 0.341 e. The summed E-state index contributed by atoms with van der Waals surface area (Å²) in [6, 6.07) is 17.2. The Morgan fingerprint density at radius 1 is 1.12 bits per heavy atom. The topological polar surface area (TPSA) is 116 Å². The number of nitrogens with one attached hydrogen (secondary N) is 1. The number of hydrogen-bond acceptors (Lipinski definition) is 8. The monoisotopic (exact) mass is 565 g/mol. The molecule has 0 saturated carbocycles. The highest BCUT2D eigenvalue weighted by Crippen LogP contribution is 2.30.